The fourth-order valence-electron chi connectivity index (χ4n) is 3.25. The first-order valence-corrected chi connectivity index (χ1v) is 7.99. The molecule has 2 saturated heterocycles. The molecule has 20 heavy (non-hydrogen) atoms. The van der Waals surface area contributed by atoms with E-state index in [-0.39, 0.29) is 5.91 Å². The zero-order valence-electron chi connectivity index (χ0n) is 12.2. The third kappa shape index (κ3) is 2.97. The lowest BCUT2D eigenvalue weighted by Crippen LogP contribution is -2.31. The van der Waals surface area contributed by atoms with Crippen LogP contribution < -0.4 is 4.90 Å². The molecule has 3 nitrogen and oxygen atoms in total. The van der Waals surface area contributed by atoms with Crippen molar-refractivity contribution in [2.75, 3.05) is 31.1 Å². The summed E-state index contributed by atoms with van der Waals surface area (Å²) in [5.74, 6) is 0.208. The van der Waals surface area contributed by atoms with Gasteiger partial charge in [-0.05, 0) is 49.9 Å². The van der Waals surface area contributed by atoms with Crippen LogP contribution in [-0.4, -0.2) is 37.0 Å². The van der Waals surface area contributed by atoms with Gasteiger partial charge in [-0.3, -0.25) is 4.79 Å². The summed E-state index contributed by atoms with van der Waals surface area (Å²) in [7, 11) is 0. The van der Waals surface area contributed by atoms with Crippen molar-refractivity contribution >= 4 is 11.6 Å². The van der Waals surface area contributed by atoms with E-state index >= 15 is 0 Å². The Morgan fingerprint density at radius 3 is 1.90 bits per heavy atom. The van der Waals surface area contributed by atoms with Crippen LogP contribution in [0.15, 0.2) is 24.3 Å². The minimum Gasteiger partial charge on any atom is -0.372 e. The number of benzene rings is 1. The van der Waals surface area contributed by atoms with E-state index in [0.29, 0.717) is 0 Å². The van der Waals surface area contributed by atoms with E-state index in [0.717, 1.165) is 44.6 Å². The third-order valence-corrected chi connectivity index (χ3v) is 4.48. The number of carbonyl (C=O) groups excluding carboxylic acids is 1. The molecule has 2 aliphatic heterocycles. The van der Waals surface area contributed by atoms with Gasteiger partial charge in [-0.15, -0.1) is 0 Å². The van der Waals surface area contributed by atoms with E-state index < -0.39 is 0 Å². The predicted octanol–water partition coefficient (Wildman–Crippen LogP) is 3.30. The molecule has 1 aromatic rings. The van der Waals surface area contributed by atoms with Gasteiger partial charge < -0.3 is 9.80 Å². The highest BCUT2D eigenvalue weighted by molar-refractivity contribution is 5.94. The Balaban J connectivity index is 1.68. The van der Waals surface area contributed by atoms with Gasteiger partial charge in [0.15, 0.2) is 0 Å². The molecule has 0 unspecified atom stereocenters. The monoisotopic (exact) mass is 272 g/mol. The van der Waals surface area contributed by atoms with Crippen LogP contribution in [0.4, 0.5) is 5.69 Å². The average Bonchev–Trinajstić information content (AvgIpc) is 2.89. The summed E-state index contributed by atoms with van der Waals surface area (Å²) < 4.78 is 0. The van der Waals surface area contributed by atoms with Crippen LogP contribution in [0.5, 0.6) is 0 Å². The Kier molecular flexibility index (Phi) is 4.24. The second-order valence-corrected chi connectivity index (χ2v) is 5.95. The molecular formula is C17H24N2O. The van der Waals surface area contributed by atoms with Gasteiger partial charge in [0, 0.05) is 37.4 Å². The largest absolute Gasteiger partial charge is 0.372 e. The molecule has 0 spiro atoms. The van der Waals surface area contributed by atoms with Gasteiger partial charge in [-0.25, -0.2) is 0 Å². The van der Waals surface area contributed by atoms with Gasteiger partial charge in [0.05, 0.1) is 0 Å². The van der Waals surface area contributed by atoms with Crippen molar-refractivity contribution in [3.8, 4) is 0 Å². The fourth-order valence-corrected chi connectivity index (χ4v) is 3.25. The molecule has 3 rings (SSSR count). The van der Waals surface area contributed by atoms with Crippen molar-refractivity contribution in [1.29, 1.82) is 0 Å². The molecule has 0 saturated carbocycles. The van der Waals surface area contributed by atoms with E-state index in [4.69, 9.17) is 0 Å². The molecule has 0 radical (unpaired) electrons. The first-order chi connectivity index (χ1) is 9.84. The predicted molar refractivity (Wildman–Crippen MR) is 82.3 cm³/mol. The SMILES string of the molecule is O=C(c1ccc(N2CCCC2)cc1)N1CCCCCC1. The highest BCUT2D eigenvalue weighted by Gasteiger charge is 2.18. The van der Waals surface area contributed by atoms with Gasteiger partial charge in [-0.1, -0.05) is 12.8 Å². The standard InChI is InChI=1S/C17H24N2O/c20-17(19-13-3-1-2-4-14-19)15-7-9-16(10-8-15)18-11-5-6-12-18/h7-10H,1-6,11-14H2. The number of rotatable bonds is 2. The van der Waals surface area contributed by atoms with E-state index in [2.05, 4.69) is 17.0 Å². The van der Waals surface area contributed by atoms with Crippen molar-refractivity contribution in [1.82, 2.24) is 4.90 Å². The molecule has 2 aliphatic rings. The molecule has 0 N–H and O–H groups in total. The van der Waals surface area contributed by atoms with E-state index in [1.165, 1.54) is 31.4 Å². The maximum absolute atomic E-state index is 12.5. The second-order valence-electron chi connectivity index (χ2n) is 5.95. The first kappa shape index (κ1) is 13.5. The summed E-state index contributed by atoms with van der Waals surface area (Å²) >= 11 is 0. The third-order valence-electron chi connectivity index (χ3n) is 4.48. The van der Waals surface area contributed by atoms with Gasteiger partial charge in [0.2, 0.25) is 0 Å². The van der Waals surface area contributed by atoms with Gasteiger partial charge in [-0.2, -0.15) is 0 Å². The van der Waals surface area contributed by atoms with Crippen LogP contribution in [-0.2, 0) is 0 Å². The number of carbonyl (C=O) groups is 1. The van der Waals surface area contributed by atoms with Crippen molar-refractivity contribution in [3.05, 3.63) is 29.8 Å². The molecule has 0 aromatic heterocycles. The van der Waals surface area contributed by atoms with E-state index in [1.807, 2.05) is 17.0 Å². The Bertz CT molecular complexity index is 441. The van der Waals surface area contributed by atoms with Gasteiger partial charge in [0.25, 0.3) is 5.91 Å². The normalized spacial score (nSPS) is 20.0. The summed E-state index contributed by atoms with van der Waals surface area (Å²) in [6.45, 7) is 4.15. The summed E-state index contributed by atoms with van der Waals surface area (Å²) in [4.78, 5) is 16.9. The number of anilines is 1. The highest BCUT2D eigenvalue weighted by Crippen LogP contribution is 2.21. The van der Waals surface area contributed by atoms with Crippen LogP contribution in [0, 0.1) is 0 Å². The maximum Gasteiger partial charge on any atom is 0.253 e. The number of hydrogen-bond donors (Lipinski definition) is 0. The summed E-state index contributed by atoms with van der Waals surface area (Å²) in [6.07, 6.45) is 7.40. The molecule has 108 valence electrons. The van der Waals surface area contributed by atoms with Crippen LogP contribution in [0.2, 0.25) is 0 Å². The maximum atomic E-state index is 12.5. The molecule has 1 aromatic carbocycles. The Morgan fingerprint density at radius 2 is 1.30 bits per heavy atom. The Hall–Kier alpha value is -1.51. The Labute approximate surface area is 121 Å². The quantitative estimate of drug-likeness (QED) is 0.824. The average molecular weight is 272 g/mol. The van der Waals surface area contributed by atoms with Gasteiger partial charge >= 0.3 is 0 Å². The minimum atomic E-state index is 0.208. The molecule has 2 heterocycles. The fraction of sp³-hybridized carbons (Fsp3) is 0.588. The molecule has 0 atom stereocenters. The number of amides is 1. The number of nitrogens with zero attached hydrogens (tertiary/aromatic N) is 2. The first-order valence-electron chi connectivity index (χ1n) is 7.99. The molecule has 0 bridgehead atoms. The lowest BCUT2D eigenvalue weighted by Gasteiger charge is -2.21. The topological polar surface area (TPSA) is 23.6 Å². The number of likely N-dealkylation sites (tertiary alicyclic amines) is 1. The van der Waals surface area contributed by atoms with Crippen molar-refractivity contribution in [2.45, 2.75) is 38.5 Å². The van der Waals surface area contributed by atoms with E-state index in [9.17, 15) is 4.79 Å². The lowest BCUT2D eigenvalue weighted by molar-refractivity contribution is 0.0761. The number of hydrogen-bond acceptors (Lipinski definition) is 2. The highest BCUT2D eigenvalue weighted by atomic mass is 16.2. The summed E-state index contributed by atoms with van der Waals surface area (Å²) in [5.41, 5.74) is 2.10. The van der Waals surface area contributed by atoms with E-state index in [1.54, 1.807) is 0 Å². The zero-order chi connectivity index (χ0) is 13.8. The van der Waals surface area contributed by atoms with Crippen LogP contribution in [0.25, 0.3) is 0 Å². The Morgan fingerprint density at radius 1 is 0.750 bits per heavy atom. The van der Waals surface area contributed by atoms with Gasteiger partial charge in [0.1, 0.15) is 0 Å². The molecule has 1 amide bonds. The molecular weight excluding hydrogens is 248 g/mol. The smallest absolute Gasteiger partial charge is 0.253 e. The summed E-state index contributed by atoms with van der Waals surface area (Å²) in [5, 5.41) is 0. The molecule has 0 aliphatic carbocycles. The van der Waals surface area contributed by atoms with Crippen LogP contribution in [0.1, 0.15) is 48.9 Å². The zero-order valence-corrected chi connectivity index (χ0v) is 12.2. The van der Waals surface area contributed by atoms with Crippen LogP contribution >= 0.6 is 0 Å². The van der Waals surface area contributed by atoms with Crippen LogP contribution in [0.3, 0.4) is 0 Å². The molecule has 3 heteroatoms. The minimum absolute atomic E-state index is 0.208. The lowest BCUT2D eigenvalue weighted by atomic mass is 10.1. The summed E-state index contributed by atoms with van der Waals surface area (Å²) in [6, 6.07) is 8.22. The van der Waals surface area contributed by atoms with Crippen molar-refractivity contribution < 1.29 is 4.79 Å². The molecule has 2 fully saturated rings. The van der Waals surface area contributed by atoms with Crippen molar-refractivity contribution in [3.63, 3.8) is 0 Å². The van der Waals surface area contributed by atoms with Crippen molar-refractivity contribution in [2.24, 2.45) is 0 Å². The second kappa shape index (κ2) is 6.29.